The SMILES string of the molecule is CC(N=C(c1ccccc1)c1ccccc1NC(=O)C1CCCN1Cc1ccccc1)C(=O)O. The average Bonchev–Trinajstić information content (AvgIpc) is 3.32. The number of carboxylic acid groups (broad SMARTS) is 1. The van der Waals surface area contributed by atoms with Crippen molar-refractivity contribution in [2.45, 2.75) is 38.4 Å². The molecule has 1 saturated heterocycles. The number of hydrogen-bond donors (Lipinski definition) is 2. The van der Waals surface area contributed by atoms with Gasteiger partial charge in [0.05, 0.1) is 17.4 Å². The van der Waals surface area contributed by atoms with Gasteiger partial charge < -0.3 is 10.4 Å². The maximum Gasteiger partial charge on any atom is 0.328 e. The minimum atomic E-state index is -1.00. The molecule has 0 saturated carbocycles. The summed E-state index contributed by atoms with van der Waals surface area (Å²) in [6.45, 7) is 3.15. The Bertz CT molecular complexity index is 1160. The van der Waals surface area contributed by atoms with Gasteiger partial charge in [-0.05, 0) is 37.9 Å². The van der Waals surface area contributed by atoms with Gasteiger partial charge in [0.15, 0.2) is 0 Å². The first-order valence-electron chi connectivity index (χ1n) is 11.6. The molecule has 0 aromatic heterocycles. The van der Waals surface area contributed by atoms with Gasteiger partial charge in [0.2, 0.25) is 5.91 Å². The number of nitrogens with zero attached hydrogens (tertiary/aromatic N) is 2. The number of amides is 1. The molecule has 4 rings (SSSR count). The van der Waals surface area contributed by atoms with Crippen molar-refractivity contribution in [2.24, 2.45) is 4.99 Å². The van der Waals surface area contributed by atoms with Crippen LogP contribution in [0, 0.1) is 0 Å². The van der Waals surface area contributed by atoms with E-state index >= 15 is 0 Å². The second-order valence-corrected chi connectivity index (χ2v) is 8.51. The number of carboxylic acids is 1. The molecule has 0 aliphatic carbocycles. The van der Waals surface area contributed by atoms with E-state index in [1.165, 1.54) is 5.56 Å². The minimum Gasteiger partial charge on any atom is -0.480 e. The molecule has 3 aromatic rings. The third-order valence-corrected chi connectivity index (χ3v) is 6.06. The van der Waals surface area contributed by atoms with Gasteiger partial charge in [-0.1, -0.05) is 78.9 Å². The summed E-state index contributed by atoms with van der Waals surface area (Å²) in [5, 5.41) is 12.6. The van der Waals surface area contributed by atoms with Crippen molar-refractivity contribution in [1.82, 2.24) is 4.90 Å². The second-order valence-electron chi connectivity index (χ2n) is 8.51. The summed E-state index contributed by atoms with van der Waals surface area (Å²) < 4.78 is 0. The lowest BCUT2D eigenvalue weighted by atomic mass is 9.99. The van der Waals surface area contributed by atoms with Crippen LogP contribution in [0.2, 0.25) is 0 Å². The number of para-hydroxylation sites is 1. The Morgan fingerprint density at radius 1 is 1.00 bits per heavy atom. The van der Waals surface area contributed by atoms with E-state index in [-0.39, 0.29) is 11.9 Å². The van der Waals surface area contributed by atoms with E-state index in [4.69, 9.17) is 0 Å². The number of anilines is 1. The maximum absolute atomic E-state index is 13.4. The number of hydrogen-bond acceptors (Lipinski definition) is 4. The minimum absolute atomic E-state index is 0.0559. The zero-order valence-electron chi connectivity index (χ0n) is 19.2. The average molecular weight is 456 g/mol. The summed E-state index contributed by atoms with van der Waals surface area (Å²) in [6, 6.07) is 25.9. The van der Waals surface area contributed by atoms with Crippen molar-refractivity contribution in [3.63, 3.8) is 0 Å². The molecule has 0 radical (unpaired) electrons. The number of benzene rings is 3. The van der Waals surface area contributed by atoms with E-state index < -0.39 is 12.0 Å². The molecule has 6 nitrogen and oxygen atoms in total. The molecule has 0 bridgehead atoms. The molecular weight excluding hydrogens is 426 g/mol. The molecular formula is C28H29N3O3. The first-order valence-corrected chi connectivity index (χ1v) is 11.6. The lowest BCUT2D eigenvalue weighted by molar-refractivity contribution is -0.138. The van der Waals surface area contributed by atoms with Gasteiger partial charge in [-0.15, -0.1) is 0 Å². The maximum atomic E-state index is 13.4. The molecule has 3 aromatic carbocycles. The second kappa shape index (κ2) is 10.9. The first kappa shape index (κ1) is 23.4. The monoisotopic (exact) mass is 455 g/mol. The highest BCUT2D eigenvalue weighted by molar-refractivity contribution is 6.17. The molecule has 174 valence electrons. The van der Waals surface area contributed by atoms with E-state index in [9.17, 15) is 14.7 Å². The van der Waals surface area contributed by atoms with Crippen LogP contribution in [0.5, 0.6) is 0 Å². The Hall–Kier alpha value is -3.77. The molecule has 6 heteroatoms. The molecule has 2 unspecified atom stereocenters. The molecule has 1 aliphatic rings. The van der Waals surface area contributed by atoms with Gasteiger partial charge in [-0.3, -0.25) is 14.7 Å². The Morgan fingerprint density at radius 3 is 2.35 bits per heavy atom. The number of aliphatic imine (C=N–C) groups is 1. The van der Waals surface area contributed by atoms with Gasteiger partial charge in [-0.25, -0.2) is 4.79 Å². The van der Waals surface area contributed by atoms with E-state index in [0.29, 0.717) is 17.0 Å². The summed E-state index contributed by atoms with van der Waals surface area (Å²) >= 11 is 0. The molecule has 1 fully saturated rings. The zero-order chi connectivity index (χ0) is 23.9. The predicted octanol–water partition coefficient (Wildman–Crippen LogP) is 4.60. The standard InChI is InChI=1S/C28H29N3O3/c1-20(28(33)34)29-26(22-13-6-3-7-14-22)23-15-8-9-16-24(23)30-27(32)25-17-10-18-31(25)19-21-11-4-2-5-12-21/h2-9,11-16,20,25H,10,17-19H2,1H3,(H,30,32)(H,33,34). The Labute approximate surface area is 200 Å². The smallest absolute Gasteiger partial charge is 0.328 e. The fourth-order valence-corrected chi connectivity index (χ4v) is 4.29. The number of aliphatic carboxylic acids is 1. The van der Waals surface area contributed by atoms with Crippen molar-refractivity contribution in [1.29, 1.82) is 0 Å². The van der Waals surface area contributed by atoms with Gasteiger partial charge in [0, 0.05) is 17.7 Å². The summed E-state index contributed by atoms with van der Waals surface area (Å²) in [7, 11) is 0. The molecule has 2 N–H and O–H groups in total. The lowest BCUT2D eigenvalue weighted by Gasteiger charge is -2.24. The fraction of sp³-hybridized carbons (Fsp3) is 0.250. The summed E-state index contributed by atoms with van der Waals surface area (Å²) in [5.74, 6) is -1.06. The number of likely N-dealkylation sites (tertiary alicyclic amines) is 1. The van der Waals surface area contributed by atoms with Crippen LogP contribution in [-0.4, -0.2) is 46.2 Å². The van der Waals surface area contributed by atoms with Crippen LogP contribution in [0.25, 0.3) is 0 Å². The fourth-order valence-electron chi connectivity index (χ4n) is 4.29. The molecule has 2 atom stereocenters. The summed E-state index contributed by atoms with van der Waals surface area (Å²) in [4.78, 5) is 31.6. The van der Waals surface area contributed by atoms with Crippen LogP contribution in [0.15, 0.2) is 89.9 Å². The van der Waals surface area contributed by atoms with Crippen LogP contribution in [0.1, 0.15) is 36.5 Å². The predicted molar refractivity (Wildman–Crippen MR) is 134 cm³/mol. The van der Waals surface area contributed by atoms with Crippen LogP contribution >= 0.6 is 0 Å². The summed E-state index contributed by atoms with van der Waals surface area (Å²) in [6.07, 6.45) is 1.77. The highest BCUT2D eigenvalue weighted by atomic mass is 16.4. The number of nitrogens with one attached hydrogen (secondary N) is 1. The highest BCUT2D eigenvalue weighted by Crippen LogP contribution is 2.25. The Kier molecular flexibility index (Phi) is 7.50. The molecule has 0 spiro atoms. The molecule has 1 heterocycles. The summed E-state index contributed by atoms with van der Waals surface area (Å²) in [5.41, 5.74) is 3.84. The molecule has 1 aliphatic heterocycles. The van der Waals surface area contributed by atoms with Crippen molar-refractivity contribution < 1.29 is 14.7 Å². The van der Waals surface area contributed by atoms with Crippen LogP contribution in [0.4, 0.5) is 5.69 Å². The first-order chi connectivity index (χ1) is 16.5. The Morgan fingerprint density at radius 2 is 1.65 bits per heavy atom. The van der Waals surface area contributed by atoms with Crippen molar-refractivity contribution in [3.8, 4) is 0 Å². The van der Waals surface area contributed by atoms with Gasteiger partial charge >= 0.3 is 5.97 Å². The van der Waals surface area contributed by atoms with Crippen LogP contribution in [0.3, 0.4) is 0 Å². The Balaban J connectivity index is 1.61. The highest BCUT2D eigenvalue weighted by Gasteiger charge is 2.31. The molecule has 34 heavy (non-hydrogen) atoms. The van der Waals surface area contributed by atoms with Crippen molar-refractivity contribution in [2.75, 3.05) is 11.9 Å². The third kappa shape index (κ3) is 5.58. The largest absolute Gasteiger partial charge is 0.480 e. The van der Waals surface area contributed by atoms with Gasteiger partial charge in [0.1, 0.15) is 6.04 Å². The number of carbonyl (C=O) groups excluding carboxylic acids is 1. The van der Waals surface area contributed by atoms with E-state index in [2.05, 4.69) is 27.3 Å². The topological polar surface area (TPSA) is 82.0 Å². The van der Waals surface area contributed by atoms with Crippen LogP contribution in [-0.2, 0) is 16.1 Å². The third-order valence-electron chi connectivity index (χ3n) is 6.06. The zero-order valence-corrected chi connectivity index (χ0v) is 19.2. The van der Waals surface area contributed by atoms with E-state index in [0.717, 1.165) is 31.5 Å². The van der Waals surface area contributed by atoms with Crippen molar-refractivity contribution >= 4 is 23.3 Å². The van der Waals surface area contributed by atoms with E-state index in [1.54, 1.807) is 6.92 Å². The lowest BCUT2D eigenvalue weighted by Crippen LogP contribution is -2.39. The van der Waals surface area contributed by atoms with Crippen LogP contribution < -0.4 is 5.32 Å². The van der Waals surface area contributed by atoms with E-state index in [1.807, 2.05) is 72.8 Å². The molecule has 1 amide bonds. The van der Waals surface area contributed by atoms with Gasteiger partial charge in [-0.2, -0.15) is 0 Å². The van der Waals surface area contributed by atoms with Gasteiger partial charge in [0.25, 0.3) is 0 Å². The van der Waals surface area contributed by atoms with Crippen molar-refractivity contribution in [3.05, 3.63) is 102 Å². The number of rotatable bonds is 8. The normalized spacial score (nSPS) is 17.3. The number of carbonyl (C=O) groups is 2. The quantitative estimate of drug-likeness (QED) is 0.487.